The van der Waals surface area contributed by atoms with Crippen molar-refractivity contribution in [2.75, 3.05) is 26.2 Å². The van der Waals surface area contributed by atoms with E-state index in [9.17, 15) is 0 Å². The number of nitrogens with zero attached hydrogens (tertiary/aromatic N) is 1. The lowest BCUT2D eigenvalue weighted by molar-refractivity contribution is 0.265. The van der Waals surface area contributed by atoms with Crippen LogP contribution in [0.2, 0.25) is 0 Å². The van der Waals surface area contributed by atoms with E-state index < -0.39 is 0 Å². The quantitative estimate of drug-likeness (QED) is 0.697. The zero-order valence-corrected chi connectivity index (χ0v) is 14.6. The van der Waals surface area contributed by atoms with E-state index in [1.807, 2.05) is 0 Å². The van der Waals surface area contributed by atoms with Crippen LogP contribution in [0.1, 0.15) is 52.5 Å². The maximum absolute atomic E-state index is 3.75. The van der Waals surface area contributed by atoms with E-state index in [0.29, 0.717) is 17.9 Å². The van der Waals surface area contributed by atoms with E-state index in [0.717, 1.165) is 26.2 Å². The van der Waals surface area contributed by atoms with E-state index in [2.05, 4.69) is 75.2 Å². The van der Waals surface area contributed by atoms with Crippen molar-refractivity contribution in [3.8, 4) is 0 Å². The van der Waals surface area contributed by atoms with Gasteiger partial charge in [0.05, 0.1) is 0 Å². The Morgan fingerprint density at radius 1 is 1.00 bits per heavy atom. The maximum atomic E-state index is 3.75. The first-order valence-corrected chi connectivity index (χ1v) is 8.62. The second-order valence-corrected chi connectivity index (χ2v) is 6.20. The molecule has 0 heterocycles. The molecule has 0 fully saturated rings. The summed E-state index contributed by atoms with van der Waals surface area (Å²) in [5, 5.41) is 3.75. The first-order valence-electron chi connectivity index (χ1n) is 8.62. The number of benzene rings is 1. The van der Waals surface area contributed by atoms with E-state index in [1.54, 1.807) is 0 Å². The van der Waals surface area contributed by atoms with Crippen LogP contribution in [-0.4, -0.2) is 37.1 Å². The molecule has 1 aromatic rings. The lowest BCUT2D eigenvalue weighted by atomic mass is 9.85. The fourth-order valence-electron chi connectivity index (χ4n) is 2.89. The molecule has 1 aromatic carbocycles. The lowest BCUT2D eigenvalue weighted by Crippen LogP contribution is -2.41. The molecule has 0 aliphatic heterocycles. The predicted octanol–water partition coefficient (Wildman–Crippen LogP) is 4.14. The summed E-state index contributed by atoms with van der Waals surface area (Å²) in [5.41, 5.74) is 1.47. The predicted molar refractivity (Wildman–Crippen MR) is 93.9 cm³/mol. The van der Waals surface area contributed by atoms with E-state index in [1.165, 1.54) is 12.0 Å². The van der Waals surface area contributed by atoms with Crippen LogP contribution < -0.4 is 5.32 Å². The zero-order chi connectivity index (χ0) is 15.7. The van der Waals surface area contributed by atoms with Gasteiger partial charge in [-0.25, -0.2) is 0 Å². The van der Waals surface area contributed by atoms with E-state index in [-0.39, 0.29) is 0 Å². The zero-order valence-electron chi connectivity index (χ0n) is 14.6. The molecule has 2 heteroatoms. The monoisotopic (exact) mass is 290 g/mol. The third-order valence-electron chi connectivity index (χ3n) is 4.67. The van der Waals surface area contributed by atoms with E-state index in [4.69, 9.17) is 0 Å². The fourth-order valence-corrected chi connectivity index (χ4v) is 2.89. The molecule has 0 saturated heterocycles. The van der Waals surface area contributed by atoms with Crippen LogP contribution >= 0.6 is 0 Å². The molecule has 0 saturated carbocycles. The minimum Gasteiger partial charge on any atom is -0.312 e. The first kappa shape index (κ1) is 18.2. The van der Waals surface area contributed by atoms with Gasteiger partial charge < -0.3 is 10.2 Å². The molecule has 0 aromatic heterocycles. The third-order valence-corrected chi connectivity index (χ3v) is 4.67. The second kappa shape index (κ2) is 9.97. The van der Waals surface area contributed by atoms with Gasteiger partial charge in [0.1, 0.15) is 0 Å². The molecule has 0 bridgehead atoms. The summed E-state index contributed by atoms with van der Waals surface area (Å²) in [6.07, 6.45) is 1.23. The van der Waals surface area contributed by atoms with Crippen LogP contribution in [0.5, 0.6) is 0 Å². The number of hydrogen-bond donors (Lipinski definition) is 1. The highest BCUT2D eigenvalue weighted by molar-refractivity contribution is 5.20. The molecule has 1 N–H and O–H groups in total. The molecule has 21 heavy (non-hydrogen) atoms. The number of hydrogen-bond acceptors (Lipinski definition) is 2. The minimum absolute atomic E-state index is 0.542. The van der Waals surface area contributed by atoms with Gasteiger partial charge in [-0.3, -0.25) is 0 Å². The van der Waals surface area contributed by atoms with Crippen LogP contribution in [0, 0.1) is 5.92 Å². The Hall–Kier alpha value is -0.860. The van der Waals surface area contributed by atoms with Gasteiger partial charge in [0, 0.05) is 19.1 Å². The van der Waals surface area contributed by atoms with Gasteiger partial charge in [-0.05, 0) is 37.4 Å². The summed E-state index contributed by atoms with van der Waals surface area (Å²) >= 11 is 0. The Balaban J connectivity index is 2.58. The van der Waals surface area contributed by atoms with Crippen molar-refractivity contribution in [1.29, 1.82) is 0 Å². The highest BCUT2D eigenvalue weighted by Crippen LogP contribution is 2.26. The highest BCUT2D eigenvalue weighted by Gasteiger charge is 2.18. The average Bonchev–Trinajstić information content (AvgIpc) is 2.53. The van der Waals surface area contributed by atoms with Crippen molar-refractivity contribution in [3.63, 3.8) is 0 Å². The Labute approximate surface area is 131 Å². The number of nitrogens with one attached hydrogen (secondary N) is 1. The summed E-state index contributed by atoms with van der Waals surface area (Å²) in [5.74, 6) is 1.32. The van der Waals surface area contributed by atoms with E-state index >= 15 is 0 Å². The molecule has 0 aliphatic rings. The lowest BCUT2D eigenvalue weighted by Gasteiger charge is -2.28. The van der Waals surface area contributed by atoms with Crippen LogP contribution in [-0.2, 0) is 0 Å². The van der Waals surface area contributed by atoms with Crippen molar-refractivity contribution in [1.82, 2.24) is 10.2 Å². The molecule has 0 radical (unpaired) electrons. The molecule has 3 atom stereocenters. The SMILES string of the molecule is CCC(C)C(CNC(C)CN(CC)CC)c1ccccc1. The Kier molecular flexibility index (Phi) is 8.63. The summed E-state index contributed by atoms with van der Waals surface area (Å²) in [6.45, 7) is 15.9. The molecule has 3 unspecified atom stereocenters. The van der Waals surface area contributed by atoms with Crippen LogP contribution in [0.3, 0.4) is 0 Å². The summed E-state index contributed by atoms with van der Waals surface area (Å²) < 4.78 is 0. The second-order valence-electron chi connectivity index (χ2n) is 6.20. The van der Waals surface area contributed by atoms with Gasteiger partial charge in [-0.1, -0.05) is 64.4 Å². The Bertz CT molecular complexity index is 359. The van der Waals surface area contributed by atoms with Gasteiger partial charge in [0.25, 0.3) is 0 Å². The maximum Gasteiger partial charge on any atom is 0.0166 e. The first-order chi connectivity index (χ1) is 10.1. The molecular formula is C19H34N2. The summed E-state index contributed by atoms with van der Waals surface area (Å²) in [7, 11) is 0. The van der Waals surface area contributed by atoms with Crippen LogP contribution in [0.25, 0.3) is 0 Å². The molecule has 2 nitrogen and oxygen atoms in total. The summed E-state index contributed by atoms with van der Waals surface area (Å²) in [6, 6.07) is 11.5. The molecule has 120 valence electrons. The number of rotatable bonds is 10. The minimum atomic E-state index is 0.542. The Morgan fingerprint density at radius 3 is 2.14 bits per heavy atom. The topological polar surface area (TPSA) is 15.3 Å². The van der Waals surface area contributed by atoms with Crippen molar-refractivity contribution < 1.29 is 0 Å². The summed E-state index contributed by atoms with van der Waals surface area (Å²) in [4.78, 5) is 2.48. The van der Waals surface area contributed by atoms with Gasteiger partial charge >= 0.3 is 0 Å². The smallest absolute Gasteiger partial charge is 0.0166 e. The van der Waals surface area contributed by atoms with Crippen molar-refractivity contribution in [2.45, 2.75) is 53.0 Å². The standard InChI is InChI=1S/C19H34N2/c1-6-16(4)19(18-12-10-9-11-13-18)14-20-17(5)15-21(7-2)8-3/h9-13,16-17,19-20H,6-8,14-15H2,1-5H3. The molecule has 0 aliphatic carbocycles. The average molecular weight is 290 g/mol. The number of likely N-dealkylation sites (N-methyl/N-ethyl adjacent to an activating group) is 1. The van der Waals surface area contributed by atoms with Gasteiger partial charge in [0.15, 0.2) is 0 Å². The molecule has 1 rings (SSSR count). The third kappa shape index (κ3) is 6.19. The van der Waals surface area contributed by atoms with Crippen molar-refractivity contribution in [2.24, 2.45) is 5.92 Å². The molecule has 0 spiro atoms. The normalized spacial score (nSPS) is 15.9. The van der Waals surface area contributed by atoms with Crippen LogP contribution in [0.15, 0.2) is 30.3 Å². The van der Waals surface area contributed by atoms with Gasteiger partial charge in [-0.15, -0.1) is 0 Å². The van der Waals surface area contributed by atoms with Gasteiger partial charge in [0.2, 0.25) is 0 Å². The Morgan fingerprint density at radius 2 is 1.62 bits per heavy atom. The van der Waals surface area contributed by atoms with Crippen molar-refractivity contribution >= 4 is 0 Å². The largest absolute Gasteiger partial charge is 0.312 e. The van der Waals surface area contributed by atoms with Crippen molar-refractivity contribution in [3.05, 3.63) is 35.9 Å². The van der Waals surface area contributed by atoms with Crippen LogP contribution in [0.4, 0.5) is 0 Å². The highest BCUT2D eigenvalue weighted by atomic mass is 15.1. The van der Waals surface area contributed by atoms with Gasteiger partial charge in [-0.2, -0.15) is 0 Å². The fraction of sp³-hybridized carbons (Fsp3) is 0.684. The molecule has 0 amide bonds. The molecular weight excluding hydrogens is 256 g/mol.